The Morgan fingerprint density at radius 2 is 2.25 bits per heavy atom. The van der Waals surface area contributed by atoms with E-state index in [4.69, 9.17) is 4.42 Å². The molecule has 84 valence electrons. The highest BCUT2D eigenvalue weighted by atomic mass is 16.3. The van der Waals surface area contributed by atoms with Gasteiger partial charge in [-0.05, 0) is 18.6 Å². The Bertz CT molecular complexity index is 523. The Morgan fingerprint density at radius 1 is 1.50 bits per heavy atom. The first-order valence-corrected chi connectivity index (χ1v) is 5.25. The maximum atomic E-state index is 11.1. The number of carbonyl (C=O) groups excluding carboxylic acids is 1. The highest BCUT2D eigenvalue weighted by Crippen LogP contribution is 2.25. The molecule has 4 heteroatoms. The SMILES string of the molecule is CCc1nn(C)cc1-c1ccc(C(C)=O)o1. The van der Waals surface area contributed by atoms with E-state index in [2.05, 4.69) is 5.10 Å². The van der Waals surface area contributed by atoms with Gasteiger partial charge >= 0.3 is 0 Å². The molecular weight excluding hydrogens is 204 g/mol. The third kappa shape index (κ3) is 1.78. The van der Waals surface area contributed by atoms with Gasteiger partial charge in [0.2, 0.25) is 0 Å². The van der Waals surface area contributed by atoms with Crippen molar-refractivity contribution in [1.82, 2.24) is 9.78 Å². The molecular formula is C12H14N2O2. The van der Waals surface area contributed by atoms with Crippen LogP contribution in [0.2, 0.25) is 0 Å². The van der Waals surface area contributed by atoms with Crippen molar-refractivity contribution in [3.63, 3.8) is 0 Å². The van der Waals surface area contributed by atoms with Crippen LogP contribution in [0.3, 0.4) is 0 Å². The van der Waals surface area contributed by atoms with Gasteiger partial charge in [-0.2, -0.15) is 5.10 Å². The second-order valence-electron chi connectivity index (χ2n) is 3.74. The van der Waals surface area contributed by atoms with Gasteiger partial charge in [-0.1, -0.05) is 6.92 Å². The molecule has 0 spiro atoms. The zero-order valence-corrected chi connectivity index (χ0v) is 9.65. The number of ketones is 1. The van der Waals surface area contributed by atoms with E-state index in [-0.39, 0.29) is 5.78 Å². The third-order valence-corrected chi connectivity index (χ3v) is 2.46. The van der Waals surface area contributed by atoms with E-state index < -0.39 is 0 Å². The average Bonchev–Trinajstić information content (AvgIpc) is 2.82. The predicted molar refractivity (Wildman–Crippen MR) is 60.3 cm³/mol. The number of aryl methyl sites for hydroxylation is 2. The molecule has 16 heavy (non-hydrogen) atoms. The molecule has 0 aliphatic heterocycles. The summed E-state index contributed by atoms with van der Waals surface area (Å²) in [4.78, 5) is 11.1. The van der Waals surface area contributed by atoms with Gasteiger partial charge in [0, 0.05) is 20.2 Å². The maximum Gasteiger partial charge on any atom is 0.194 e. The zero-order valence-electron chi connectivity index (χ0n) is 9.65. The molecule has 2 aromatic heterocycles. The van der Waals surface area contributed by atoms with Crippen LogP contribution in [0.25, 0.3) is 11.3 Å². The molecule has 2 rings (SSSR count). The lowest BCUT2D eigenvalue weighted by atomic mass is 10.2. The summed E-state index contributed by atoms with van der Waals surface area (Å²) >= 11 is 0. The fourth-order valence-corrected chi connectivity index (χ4v) is 1.67. The first-order valence-electron chi connectivity index (χ1n) is 5.25. The lowest BCUT2D eigenvalue weighted by Crippen LogP contribution is -1.89. The van der Waals surface area contributed by atoms with Gasteiger partial charge in [0.05, 0.1) is 11.3 Å². The largest absolute Gasteiger partial charge is 0.453 e. The molecule has 4 nitrogen and oxygen atoms in total. The molecule has 0 amide bonds. The molecule has 0 aromatic carbocycles. The molecule has 0 atom stereocenters. The Labute approximate surface area is 93.9 Å². The molecule has 0 saturated carbocycles. The number of nitrogens with zero attached hydrogens (tertiary/aromatic N) is 2. The summed E-state index contributed by atoms with van der Waals surface area (Å²) in [5.41, 5.74) is 1.93. The number of carbonyl (C=O) groups is 1. The summed E-state index contributed by atoms with van der Waals surface area (Å²) in [6, 6.07) is 3.51. The summed E-state index contributed by atoms with van der Waals surface area (Å²) in [6.07, 6.45) is 2.74. The van der Waals surface area contributed by atoms with Gasteiger partial charge in [-0.15, -0.1) is 0 Å². The first-order chi connectivity index (χ1) is 7.61. The van der Waals surface area contributed by atoms with Crippen molar-refractivity contribution >= 4 is 5.78 Å². The van der Waals surface area contributed by atoms with Crippen molar-refractivity contribution in [3.05, 3.63) is 29.8 Å². The lowest BCUT2D eigenvalue weighted by molar-refractivity contribution is 0.0988. The van der Waals surface area contributed by atoms with Crippen molar-refractivity contribution in [2.24, 2.45) is 7.05 Å². The molecule has 0 radical (unpaired) electrons. The molecule has 2 aromatic rings. The standard InChI is InChI=1S/C12H14N2O2/c1-4-10-9(7-14(3)13-10)12-6-5-11(16-12)8(2)15/h5-7H,4H2,1-3H3. The van der Waals surface area contributed by atoms with Crippen molar-refractivity contribution in [1.29, 1.82) is 0 Å². The van der Waals surface area contributed by atoms with Crippen LogP contribution in [-0.2, 0) is 13.5 Å². The van der Waals surface area contributed by atoms with E-state index >= 15 is 0 Å². The summed E-state index contributed by atoms with van der Waals surface area (Å²) < 4.78 is 7.24. The van der Waals surface area contributed by atoms with E-state index in [9.17, 15) is 4.79 Å². The predicted octanol–water partition coefficient (Wildman–Crippen LogP) is 2.45. The smallest absolute Gasteiger partial charge is 0.194 e. The number of hydrogen-bond donors (Lipinski definition) is 0. The molecule has 0 fully saturated rings. The van der Waals surface area contributed by atoms with Crippen molar-refractivity contribution in [2.75, 3.05) is 0 Å². The van der Waals surface area contributed by atoms with E-state index in [0.29, 0.717) is 11.5 Å². The minimum Gasteiger partial charge on any atom is -0.453 e. The summed E-state index contributed by atoms with van der Waals surface area (Å²) in [7, 11) is 1.87. The molecule has 0 aliphatic carbocycles. The Balaban J connectivity index is 2.45. The summed E-state index contributed by atoms with van der Waals surface area (Å²) in [5.74, 6) is 1.03. The van der Waals surface area contributed by atoms with E-state index in [1.54, 1.807) is 10.7 Å². The van der Waals surface area contributed by atoms with E-state index in [1.165, 1.54) is 6.92 Å². The van der Waals surface area contributed by atoms with Crippen LogP contribution >= 0.6 is 0 Å². The van der Waals surface area contributed by atoms with E-state index in [1.807, 2.05) is 26.2 Å². The average molecular weight is 218 g/mol. The van der Waals surface area contributed by atoms with Crippen LogP contribution in [0.5, 0.6) is 0 Å². The van der Waals surface area contributed by atoms with Gasteiger partial charge in [0.25, 0.3) is 0 Å². The Morgan fingerprint density at radius 3 is 2.81 bits per heavy atom. The fourth-order valence-electron chi connectivity index (χ4n) is 1.67. The molecule has 2 heterocycles. The van der Waals surface area contributed by atoms with Crippen LogP contribution in [0, 0.1) is 0 Å². The lowest BCUT2D eigenvalue weighted by Gasteiger charge is -1.94. The highest BCUT2D eigenvalue weighted by Gasteiger charge is 2.13. The second kappa shape index (κ2) is 3.96. The number of furan rings is 1. The molecule has 0 aliphatic rings. The normalized spacial score (nSPS) is 10.7. The van der Waals surface area contributed by atoms with Gasteiger partial charge in [0.15, 0.2) is 11.5 Å². The number of hydrogen-bond acceptors (Lipinski definition) is 3. The monoisotopic (exact) mass is 218 g/mol. The zero-order chi connectivity index (χ0) is 11.7. The van der Waals surface area contributed by atoms with Crippen LogP contribution in [0.1, 0.15) is 30.1 Å². The topological polar surface area (TPSA) is 48.0 Å². The summed E-state index contributed by atoms with van der Waals surface area (Å²) in [6.45, 7) is 3.53. The second-order valence-corrected chi connectivity index (χ2v) is 3.74. The van der Waals surface area contributed by atoms with Crippen LogP contribution in [0.4, 0.5) is 0 Å². The van der Waals surface area contributed by atoms with Crippen molar-refractivity contribution < 1.29 is 9.21 Å². The van der Waals surface area contributed by atoms with Crippen LogP contribution in [-0.4, -0.2) is 15.6 Å². The minimum absolute atomic E-state index is 0.0619. The number of aromatic nitrogens is 2. The third-order valence-electron chi connectivity index (χ3n) is 2.46. The number of Topliss-reactive ketones (excluding diaryl/α,β-unsaturated/α-hetero) is 1. The molecule has 0 saturated heterocycles. The van der Waals surface area contributed by atoms with Crippen LogP contribution < -0.4 is 0 Å². The summed E-state index contributed by atoms with van der Waals surface area (Å²) in [5, 5.41) is 4.33. The first kappa shape index (κ1) is 10.7. The highest BCUT2D eigenvalue weighted by molar-refractivity contribution is 5.91. The van der Waals surface area contributed by atoms with Gasteiger partial charge < -0.3 is 4.42 Å². The molecule has 0 N–H and O–H groups in total. The fraction of sp³-hybridized carbons (Fsp3) is 0.333. The van der Waals surface area contributed by atoms with Crippen molar-refractivity contribution in [3.8, 4) is 11.3 Å². The van der Waals surface area contributed by atoms with Gasteiger partial charge in [-0.25, -0.2) is 0 Å². The molecule has 0 bridgehead atoms. The Kier molecular flexibility index (Phi) is 2.64. The van der Waals surface area contributed by atoms with Gasteiger partial charge in [0.1, 0.15) is 5.76 Å². The quantitative estimate of drug-likeness (QED) is 0.743. The molecule has 0 unspecified atom stereocenters. The maximum absolute atomic E-state index is 11.1. The number of rotatable bonds is 3. The Hall–Kier alpha value is -1.84. The van der Waals surface area contributed by atoms with E-state index in [0.717, 1.165) is 17.7 Å². The van der Waals surface area contributed by atoms with Gasteiger partial charge in [-0.3, -0.25) is 9.48 Å². The van der Waals surface area contributed by atoms with Crippen molar-refractivity contribution in [2.45, 2.75) is 20.3 Å². The van der Waals surface area contributed by atoms with Crippen LogP contribution in [0.15, 0.2) is 22.7 Å². The minimum atomic E-state index is -0.0619.